The van der Waals surface area contributed by atoms with Gasteiger partial charge in [-0.2, -0.15) is 0 Å². The maximum atomic E-state index is 10.6. The molecule has 0 aliphatic heterocycles. The molecule has 0 spiro atoms. The fourth-order valence-corrected chi connectivity index (χ4v) is 1.49. The smallest absolute Gasteiger partial charge is 0.747 e. The molecule has 80 valence electrons. The molecular formula is C6H14NNaO5S. The molecule has 0 aliphatic carbocycles. The van der Waals surface area contributed by atoms with Crippen LogP contribution in [0, 0.1) is 0 Å². The van der Waals surface area contributed by atoms with Crippen LogP contribution < -0.4 is 29.6 Å². The molecular weight excluding hydrogens is 221 g/mol. The molecule has 0 saturated heterocycles. The van der Waals surface area contributed by atoms with Crippen LogP contribution in [0.1, 0.15) is 6.92 Å². The van der Waals surface area contributed by atoms with E-state index in [1.54, 1.807) is 0 Å². The van der Waals surface area contributed by atoms with Crippen molar-refractivity contribution < 1.29 is 52.7 Å². The van der Waals surface area contributed by atoms with Crippen molar-refractivity contribution in [3.63, 3.8) is 0 Å². The van der Waals surface area contributed by atoms with E-state index in [1.807, 2.05) is 0 Å². The third kappa shape index (κ3) is 6.31. The largest absolute Gasteiger partial charge is 1.00 e. The fourth-order valence-electron chi connectivity index (χ4n) is 0.915. The van der Waals surface area contributed by atoms with Crippen molar-refractivity contribution >= 4 is 10.1 Å². The Morgan fingerprint density at radius 3 is 1.86 bits per heavy atom. The summed E-state index contributed by atoms with van der Waals surface area (Å²) in [5, 5.41) is 15.9. The van der Waals surface area contributed by atoms with Gasteiger partial charge < -0.3 is 14.8 Å². The molecule has 0 radical (unpaired) electrons. The molecule has 0 saturated carbocycles. The van der Waals surface area contributed by atoms with Gasteiger partial charge in [0, 0.05) is 13.1 Å². The number of hydrogen-bond acceptors (Lipinski definition) is 6. The standard InChI is InChI=1S/C6H15NO5S.Na/c1-6(13(10,11)12)7(2-4-8)3-5-9;/h6,8-9H,2-5H2,1H3,(H,10,11,12);/q;+1/p-1. The van der Waals surface area contributed by atoms with Gasteiger partial charge in [-0.25, -0.2) is 8.42 Å². The molecule has 0 bridgehead atoms. The summed E-state index contributed by atoms with van der Waals surface area (Å²) in [6, 6.07) is 0. The van der Waals surface area contributed by atoms with Gasteiger partial charge in [0.05, 0.1) is 18.6 Å². The van der Waals surface area contributed by atoms with Gasteiger partial charge in [-0.3, -0.25) is 4.90 Å². The average Bonchev–Trinajstić information content (AvgIpc) is 2.01. The number of hydrogen-bond donors (Lipinski definition) is 2. The SMILES string of the molecule is CC(N(CCO)CCO)S(=O)(=O)[O-].[Na+]. The van der Waals surface area contributed by atoms with Crippen molar-refractivity contribution in [1.82, 2.24) is 4.90 Å². The third-order valence-electron chi connectivity index (χ3n) is 1.71. The van der Waals surface area contributed by atoms with E-state index in [0.29, 0.717) is 0 Å². The Kier molecular flexibility index (Phi) is 9.83. The van der Waals surface area contributed by atoms with Gasteiger partial charge in [0.15, 0.2) is 0 Å². The maximum Gasteiger partial charge on any atom is 1.00 e. The van der Waals surface area contributed by atoms with Crippen LogP contribution in [0.2, 0.25) is 0 Å². The summed E-state index contributed by atoms with van der Waals surface area (Å²) in [6.45, 7) is 0.847. The van der Waals surface area contributed by atoms with Crippen molar-refractivity contribution in [2.24, 2.45) is 0 Å². The van der Waals surface area contributed by atoms with E-state index in [-0.39, 0.29) is 55.9 Å². The first-order valence-electron chi connectivity index (χ1n) is 3.84. The normalized spacial score (nSPS) is 13.8. The average molecular weight is 235 g/mol. The maximum absolute atomic E-state index is 10.6. The minimum absolute atomic E-state index is 0. The Morgan fingerprint density at radius 1 is 1.29 bits per heavy atom. The summed E-state index contributed by atoms with van der Waals surface area (Å²) in [5.41, 5.74) is 0. The summed E-state index contributed by atoms with van der Waals surface area (Å²) < 4.78 is 31.7. The molecule has 0 aromatic heterocycles. The second-order valence-corrected chi connectivity index (χ2v) is 4.24. The van der Waals surface area contributed by atoms with Gasteiger partial charge in [0.25, 0.3) is 0 Å². The Labute approximate surface area is 106 Å². The summed E-state index contributed by atoms with van der Waals surface area (Å²) in [7, 11) is -4.39. The third-order valence-corrected chi connectivity index (χ3v) is 2.84. The van der Waals surface area contributed by atoms with E-state index in [2.05, 4.69) is 0 Å². The van der Waals surface area contributed by atoms with Crippen LogP contribution >= 0.6 is 0 Å². The van der Waals surface area contributed by atoms with Gasteiger partial charge >= 0.3 is 29.6 Å². The molecule has 0 aromatic rings. The zero-order valence-electron chi connectivity index (χ0n) is 8.38. The first kappa shape index (κ1) is 17.2. The van der Waals surface area contributed by atoms with Crippen molar-refractivity contribution in [3.05, 3.63) is 0 Å². The summed E-state index contributed by atoms with van der Waals surface area (Å²) in [5.74, 6) is 0. The van der Waals surface area contributed by atoms with Gasteiger partial charge in [-0.1, -0.05) is 0 Å². The van der Waals surface area contributed by atoms with E-state index in [9.17, 15) is 13.0 Å². The van der Waals surface area contributed by atoms with Crippen LogP contribution in [0.4, 0.5) is 0 Å². The quantitative estimate of drug-likeness (QED) is 0.354. The molecule has 0 aliphatic rings. The molecule has 1 unspecified atom stereocenters. The van der Waals surface area contributed by atoms with Gasteiger partial charge in [-0.05, 0) is 6.92 Å². The van der Waals surface area contributed by atoms with Crippen LogP contribution in [0.5, 0.6) is 0 Å². The van der Waals surface area contributed by atoms with Crippen molar-refractivity contribution in [1.29, 1.82) is 0 Å². The van der Waals surface area contributed by atoms with Crippen molar-refractivity contribution in [3.8, 4) is 0 Å². The Balaban J connectivity index is 0. The number of rotatable bonds is 6. The second kappa shape index (κ2) is 8.00. The van der Waals surface area contributed by atoms with E-state index in [0.717, 1.165) is 0 Å². The minimum Gasteiger partial charge on any atom is -0.747 e. The summed E-state index contributed by atoms with van der Waals surface area (Å²) in [4.78, 5) is 1.21. The van der Waals surface area contributed by atoms with Gasteiger partial charge in [0.2, 0.25) is 0 Å². The molecule has 8 heteroatoms. The van der Waals surface area contributed by atoms with Gasteiger partial charge in [-0.15, -0.1) is 0 Å². The van der Waals surface area contributed by atoms with Crippen molar-refractivity contribution in [2.45, 2.75) is 12.3 Å². The molecule has 0 fully saturated rings. The Hall–Kier alpha value is 0.790. The molecule has 0 aromatic carbocycles. The second-order valence-electron chi connectivity index (χ2n) is 2.58. The number of aliphatic hydroxyl groups excluding tert-OH is 2. The monoisotopic (exact) mass is 235 g/mol. The van der Waals surface area contributed by atoms with Crippen LogP contribution in [-0.4, -0.2) is 59.8 Å². The van der Waals surface area contributed by atoms with Crippen LogP contribution in [0.25, 0.3) is 0 Å². The van der Waals surface area contributed by atoms with E-state index in [4.69, 9.17) is 10.2 Å². The first-order chi connectivity index (χ1) is 5.93. The molecule has 0 heterocycles. The molecule has 14 heavy (non-hydrogen) atoms. The molecule has 0 rings (SSSR count). The molecule has 6 nitrogen and oxygen atoms in total. The molecule has 0 amide bonds. The molecule has 1 atom stereocenters. The van der Waals surface area contributed by atoms with Crippen LogP contribution in [0.15, 0.2) is 0 Å². The topological polar surface area (TPSA) is 101 Å². The minimum atomic E-state index is -4.39. The summed E-state index contributed by atoms with van der Waals surface area (Å²) in [6.07, 6.45) is 0. The van der Waals surface area contributed by atoms with Crippen molar-refractivity contribution in [2.75, 3.05) is 26.3 Å². The van der Waals surface area contributed by atoms with Crippen LogP contribution in [0.3, 0.4) is 0 Å². The van der Waals surface area contributed by atoms with E-state index < -0.39 is 15.5 Å². The number of aliphatic hydroxyl groups is 2. The van der Waals surface area contributed by atoms with Crippen LogP contribution in [-0.2, 0) is 10.1 Å². The predicted octanol–water partition coefficient (Wildman–Crippen LogP) is -4.83. The Bertz CT molecular complexity index is 226. The van der Waals surface area contributed by atoms with E-state index >= 15 is 0 Å². The zero-order valence-corrected chi connectivity index (χ0v) is 11.2. The predicted molar refractivity (Wildman–Crippen MR) is 44.9 cm³/mol. The Morgan fingerprint density at radius 2 is 1.64 bits per heavy atom. The summed E-state index contributed by atoms with van der Waals surface area (Å²) >= 11 is 0. The van der Waals surface area contributed by atoms with E-state index in [1.165, 1.54) is 11.8 Å². The number of nitrogens with zero attached hydrogens (tertiary/aromatic N) is 1. The first-order valence-corrected chi connectivity index (χ1v) is 5.31. The fraction of sp³-hybridized carbons (Fsp3) is 1.00. The zero-order chi connectivity index (χ0) is 10.5. The van der Waals surface area contributed by atoms with Gasteiger partial charge in [0.1, 0.15) is 10.1 Å². The molecule has 2 N–H and O–H groups in total.